The van der Waals surface area contributed by atoms with E-state index in [9.17, 15) is 4.79 Å². The smallest absolute Gasteiger partial charge is 0.265 e. The van der Waals surface area contributed by atoms with E-state index >= 15 is 0 Å². The standard InChI is InChI=1S/C25H26N4O/c1-17(2)23-22-16-26-29(21-13-12-18(3)19(4)15-21)24(22)25(30)28(27-23)14-8-11-20-9-6-5-7-10-20/h5-13,15-17H,14H2,1-4H3/b11-8+. The highest BCUT2D eigenvalue weighted by Crippen LogP contribution is 2.23. The van der Waals surface area contributed by atoms with Crippen LogP contribution < -0.4 is 5.56 Å². The lowest BCUT2D eigenvalue weighted by Crippen LogP contribution is -2.26. The fourth-order valence-electron chi connectivity index (χ4n) is 3.55. The van der Waals surface area contributed by atoms with Crippen molar-refractivity contribution in [3.63, 3.8) is 0 Å². The summed E-state index contributed by atoms with van der Waals surface area (Å²) < 4.78 is 3.28. The van der Waals surface area contributed by atoms with Gasteiger partial charge in [-0.15, -0.1) is 0 Å². The largest absolute Gasteiger partial charge is 0.293 e. The molecule has 30 heavy (non-hydrogen) atoms. The van der Waals surface area contributed by atoms with Crippen LogP contribution in [0.1, 0.15) is 42.1 Å². The zero-order valence-corrected chi connectivity index (χ0v) is 17.8. The van der Waals surface area contributed by atoms with Crippen molar-refractivity contribution >= 4 is 17.0 Å². The normalized spacial score (nSPS) is 11.8. The second kappa shape index (κ2) is 8.11. The van der Waals surface area contributed by atoms with Crippen molar-refractivity contribution in [1.29, 1.82) is 0 Å². The topological polar surface area (TPSA) is 52.7 Å². The molecule has 4 rings (SSSR count). The molecule has 0 bridgehead atoms. The zero-order valence-electron chi connectivity index (χ0n) is 17.8. The van der Waals surface area contributed by atoms with E-state index in [0.29, 0.717) is 12.1 Å². The number of rotatable bonds is 5. The molecule has 0 amide bonds. The summed E-state index contributed by atoms with van der Waals surface area (Å²) in [6, 6.07) is 16.2. The summed E-state index contributed by atoms with van der Waals surface area (Å²) in [5, 5.41) is 10.0. The number of aryl methyl sites for hydroxylation is 2. The lowest BCUT2D eigenvalue weighted by Gasteiger charge is -2.11. The predicted molar refractivity (Wildman–Crippen MR) is 122 cm³/mol. The van der Waals surface area contributed by atoms with E-state index in [4.69, 9.17) is 0 Å². The summed E-state index contributed by atoms with van der Waals surface area (Å²) in [6.07, 6.45) is 5.74. The van der Waals surface area contributed by atoms with Crippen LogP contribution in [0.2, 0.25) is 0 Å². The van der Waals surface area contributed by atoms with Crippen LogP contribution >= 0.6 is 0 Å². The lowest BCUT2D eigenvalue weighted by atomic mass is 10.1. The average Bonchev–Trinajstić information content (AvgIpc) is 3.18. The van der Waals surface area contributed by atoms with Gasteiger partial charge in [-0.05, 0) is 48.6 Å². The number of benzene rings is 2. The Morgan fingerprint density at radius 2 is 1.80 bits per heavy atom. The van der Waals surface area contributed by atoms with Gasteiger partial charge in [0, 0.05) is 5.39 Å². The highest BCUT2D eigenvalue weighted by molar-refractivity contribution is 5.82. The lowest BCUT2D eigenvalue weighted by molar-refractivity contribution is 0.623. The van der Waals surface area contributed by atoms with Crippen molar-refractivity contribution in [3.05, 3.63) is 93.5 Å². The first kappa shape index (κ1) is 19.8. The molecule has 2 aromatic carbocycles. The third-order valence-corrected chi connectivity index (χ3v) is 5.38. The van der Waals surface area contributed by atoms with Crippen molar-refractivity contribution < 1.29 is 0 Å². The maximum atomic E-state index is 13.4. The Morgan fingerprint density at radius 1 is 1.03 bits per heavy atom. The van der Waals surface area contributed by atoms with E-state index in [1.54, 1.807) is 10.9 Å². The number of hydrogen-bond donors (Lipinski definition) is 0. The molecule has 0 fully saturated rings. The molecular weight excluding hydrogens is 372 g/mol. The van der Waals surface area contributed by atoms with E-state index in [2.05, 4.69) is 50.0 Å². The summed E-state index contributed by atoms with van der Waals surface area (Å²) in [5.41, 5.74) is 5.68. The van der Waals surface area contributed by atoms with Crippen LogP contribution in [0.25, 0.3) is 22.7 Å². The first-order valence-electron chi connectivity index (χ1n) is 10.2. The van der Waals surface area contributed by atoms with Gasteiger partial charge >= 0.3 is 0 Å². The van der Waals surface area contributed by atoms with E-state index < -0.39 is 0 Å². The zero-order chi connectivity index (χ0) is 21.3. The third kappa shape index (κ3) is 3.71. The molecule has 2 heterocycles. The number of aromatic nitrogens is 4. The number of allylic oxidation sites excluding steroid dienone is 1. The van der Waals surface area contributed by atoms with E-state index in [1.165, 1.54) is 15.8 Å². The van der Waals surface area contributed by atoms with Gasteiger partial charge < -0.3 is 0 Å². The Balaban J connectivity index is 1.83. The number of fused-ring (bicyclic) bond motifs is 1. The minimum atomic E-state index is -0.136. The molecule has 5 heteroatoms. The van der Waals surface area contributed by atoms with Crippen LogP contribution in [0.4, 0.5) is 0 Å². The molecule has 0 saturated carbocycles. The fourth-order valence-corrected chi connectivity index (χ4v) is 3.55. The van der Waals surface area contributed by atoms with Gasteiger partial charge in [0.25, 0.3) is 5.56 Å². The van der Waals surface area contributed by atoms with Gasteiger partial charge in [0.05, 0.1) is 24.1 Å². The molecule has 152 valence electrons. The fraction of sp³-hybridized carbons (Fsp3) is 0.240. The molecular formula is C25H26N4O. The molecule has 0 spiro atoms. The van der Waals surface area contributed by atoms with Crippen LogP contribution in [-0.4, -0.2) is 19.6 Å². The summed E-state index contributed by atoms with van der Waals surface area (Å²) in [4.78, 5) is 13.4. The first-order valence-corrected chi connectivity index (χ1v) is 10.2. The Hall–Kier alpha value is -3.47. The molecule has 5 nitrogen and oxygen atoms in total. The first-order chi connectivity index (χ1) is 14.5. The molecule has 4 aromatic rings. The van der Waals surface area contributed by atoms with Gasteiger partial charge in [-0.3, -0.25) is 4.79 Å². The quantitative estimate of drug-likeness (QED) is 0.473. The molecule has 0 N–H and O–H groups in total. The van der Waals surface area contributed by atoms with E-state index in [1.807, 2.05) is 48.6 Å². The van der Waals surface area contributed by atoms with Crippen LogP contribution in [0.3, 0.4) is 0 Å². The van der Waals surface area contributed by atoms with Crippen molar-refractivity contribution in [2.24, 2.45) is 0 Å². The summed E-state index contributed by atoms with van der Waals surface area (Å²) >= 11 is 0. The molecule has 0 aliphatic rings. The van der Waals surface area contributed by atoms with E-state index in [0.717, 1.165) is 22.3 Å². The van der Waals surface area contributed by atoms with Crippen molar-refractivity contribution in [3.8, 4) is 5.69 Å². The molecule has 0 atom stereocenters. The summed E-state index contributed by atoms with van der Waals surface area (Å²) in [5.74, 6) is 0.176. The van der Waals surface area contributed by atoms with Gasteiger partial charge in [0.2, 0.25) is 0 Å². The van der Waals surface area contributed by atoms with Crippen LogP contribution in [0, 0.1) is 13.8 Å². The van der Waals surface area contributed by atoms with E-state index in [-0.39, 0.29) is 11.5 Å². The Bertz CT molecular complexity index is 1280. The highest BCUT2D eigenvalue weighted by atomic mass is 16.1. The molecule has 0 aliphatic heterocycles. The maximum absolute atomic E-state index is 13.4. The SMILES string of the molecule is Cc1ccc(-n2ncc3c(C(C)C)nn(C/C=C/c4ccccc4)c(=O)c32)cc1C. The molecule has 2 aromatic heterocycles. The second-order valence-electron chi connectivity index (χ2n) is 7.93. The summed E-state index contributed by atoms with van der Waals surface area (Å²) in [7, 11) is 0. The van der Waals surface area contributed by atoms with Gasteiger partial charge in [-0.25, -0.2) is 9.36 Å². The maximum Gasteiger partial charge on any atom is 0.293 e. The molecule has 0 unspecified atom stereocenters. The highest BCUT2D eigenvalue weighted by Gasteiger charge is 2.18. The van der Waals surface area contributed by atoms with Gasteiger partial charge in [-0.2, -0.15) is 10.2 Å². The van der Waals surface area contributed by atoms with Gasteiger partial charge in [0.15, 0.2) is 0 Å². The Kier molecular flexibility index (Phi) is 5.36. The Labute approximate surface area is 176 Å². The van der Waals surface area contributed by atoms with Gasteiger partial charge in [0.1, 0.15) is 5.52 Å². The monoisotopic (exact) mass is 398 g/mol. The average molecular weight is 399 g/mol. The molecule has 0 radical (unpaired) electrons. The predicted octanol–water partition coefficient (Wildman–Crippen LogP) is 5.04. The molecule has 0 aliphatic carbocycles. The second-order valence-corrected chi connectivity index (χ2v) is 7.93. The minimum absolute atomic E-state index is 0.136. The number of hydrogen-bond acceptors (Lipinski definition) is 3. The van der Waals surface area contributed by atoms with Crippen LogP contribution in [0.15, 0.2) is 65.6 Å². The van der Waals surface area contributed by atoms with Crippen molar-refractivity contribution in [1.82, 2.24) is 19.6 Å². The third-order valence-electron chi connectivity index (χ3n) is 5.38. The molecule has 0 saturated heterocycles. The number of nitrogens with zero attached hydrogens (tertiary/aromatic N) is 4. The van der Waals surface area contributed by atoms with Gasteiger partial charge in [-0.1, -0.05) is 62.4 Å². The Morgan fingerprint density at radius 3 is 2.50 bits per heavy atom. The van der Waals surface area contributed by atoms with Crippen molar-refractivity contribution in [2.75, 3.05) is 0 Å². The van der Waals surface area contributed by atoms with Crippen LogP contribution in [-0.2, 0) is 6.54 Å². The summed E-state index contributed by atoms with van der Waals surface area (Å²) in [6.45, 7) is 8.72. The minimum Gasteiger partial charge on any atom is -0.265 e. The van der Waals surface area contributed by atoms with Crippen LogP contribution in [0.5, 0.6) is 0 Å². The van der Waals surface area contributed by atoms with Crippen molar-refractivity contribution in [2.45, 2.75) is 40.2 Å².